The fraction of sp³-hybridized carbons (Fsp3) is 1.00. The van der Waals surface area contributed by atoms with E-state index in [1.807, 2.05) is 7.11 Å². The number of piperidine rings is 1. The van der Waals surface area contributed by atoms with E-state index in [0.29, 0.717) is 5.41 Å². The smallest absolute Gasteiger partial charge is 0.0531 e. The summed E-state index contributed by atoms with van der Waals surface area (Å²) < 4.78 is 5.54. The fourth-order valence-corrected chi connectivity index (χ4v) is 3.71. The molecule has 1 atom stereocenters. The van der Waals surface area contributed by atoms with Crippen molar-refractivity contribution in [2.24, 2.45) is 5.41 Å². The molecular weight excluding hydrogens is 250 g/mol. The highest BCUT2D eigenvalue weighted by atomic mass is 16.5. The number of rotatable bonds is 6. The van der Waals surface area contributed by atoms with Crippen molar-refractivity contribution in [3.63, 3.8) is 0 Å². The van der Waals surface area contributed by atoms with Gasteiger partial charge in [0.05, 0.1) is 6.61 Å². The lowest BCUT2D eigenvalue weighted by atomic mass is 9.79. The Morgan fingerprint density at radius 3 is 2.35 bits per heavy atom. The van der Waals surface area contributed by atoms with E-state index in [1.165, 1.54) is 52.0 Å². The van der Waals surface area contributed by atoms with E-state index in [2.05, 4.69) is 29.0 Å². The first kappa shape index (κ1) is 16.2. The Balaban J connectivity index is 1.83. The predicted octanol–water partition coefficient (Wildman–Crippen LogP) is 1.42. The first-order chi connectivity index (χ1) is 9.69. The second-order valence-corrected chi connectivity index (χ2v) is 6.75. The van der Waals surface area contributed by atoms with Crippen LogP contribution in [0.25, 0.3) is 0 Å². The molecule has 0 bridgehead atoms. The van der Waals surface area contributed by atoms with E-state index in [1.54, 1.807) is 0 Å². The molecule has 2 aliphatic heterocycles. The molecule has 2 saturated heterocycles. The molecule has 2 fully saturated rings. The number of piperazine rings is 1. The largest absolute Gasteiger partial charge is 0.384 e. The molecule has 0 radical (unpaired) electrons. The highest BCUT2D eigenvalue weighted by Gasteiger charge is 2.35. The molecule has 2 aliphatic rings. The molecule has 0 aromatic heterocycles. The lowest BCUT2D eigenvalue weighted by molar-refractivity contribution is 0.00410. The Labute approximate surface area is 124 Å². The molecule has 20 heavy (non-hydrogen) atoms. The van der Waals surface area contributed by atoms with Crippen molar-refractivity contribution in [3.8, 4) is 0 Å². The summed E-state index contributed by atoms with van der Waals surface area (Å²) in [6, 6.07) is 0.740. The third kappa shape index (κ3) is 4.17. The van der Waals surface area contributed by atoms with Crippen molar-refractivity contribution < 1.29 is 4.74 Å². The molecule has 1 unspecified atom stereocenters. The van der Waals surface area contributed by atoms with Crippen LogP contribution in [-0.2, 0) is 4.74 Å². The minimum Gasteiger partial charge on any atom is -0.384 e. The van der Waals surface area contributed by atoms with Gasteiger partial charge < -0.3 is 15.0 Å². The maximum atomic E-state index is 5.54. The zero-order valence-electron chi connectivity index (χ0n) is 13.7. The van der Waals surface area contributed by atoms with Crippen molar-refractivity contribution >= 4 is 0 Å². The molecule has 0 aromatic rings. The topological polar surface area (TPSA) is 27.7 Å². The van der Waals surface area contributed by atoms with Crippen LogP contribution < -0.4 is 5.32 Å². The van der Waals surface area contributed by atoms with Crippen LogP contribution in [0, 0.1) is 5.41 Å². The number of nitrogens with one attached hydrogen (secondary N) is 1. The Bertz CT molecular complexity index is 265. The second kappa shape index (κ2) is 7.74. The second-order valence-electron chi connectivity index (χ2n) is 6.75. The van der Waals surface area contributed by atoms with Crippen molar-refractivity contribution in [1.82, 2.24) is 15.1 Å². The summed E-state index contributed by atoms with van der Waals surface area (Å²) in [5.41, 5.74) is 0.387. The van der Waals surface area contributed by atoms with Gasteiger partial charge in [-0.3, -0.25) is 4.90 Å². The first-order valence-electron chi connectivity index (χ1n) is 8.35. The highest BCUT2D eigenvalue weighted by molar-refractivity contribution is 4.89. The van der Waals surface area contributed by atoms with Gasteiger partial charge in [-0.1, -0.05) is 6.92 Å². The van der Waals surface area contributed by atoms with E-state index < -0.39 is 0 Å². The summed E-state index contributed by atoms with van der Waals surface area (Å²) in [6.45, 7) is 14.0. The van der Waals surface area contributed by atoms with Gasteiger partial charge in [-0.05, 0) is 39.3 Å². The van der Waals surface area contributed by atoms with Gasteiger partial charge in [-0.15, -0.1) is 0 Å². The number of methoxy groups -OCH3 is 1. The minimum absolute atomic E-state index is 0.387. The zero-order chi connectivity index (χ0) is 14.4. The first-order valence-corrected chi connectivity index (χ1v) is 8.35. The summed E-state index contributed by atoms with van der Waals surface area (Å²) in [5.74, 6) is 0. The molecule has 0 aliphatic carbocycles. The normalized spacial score (nSPS) is 26.6. The average Bonchev–Trinajstić information content (AvgIpc) is 2.48. The summed E-state index contributed by atoms with van der Waals surface area (Å²) in [5, 5.41) is 3.48. The van der Waals surface area contributed by atoms with Crippen LogP contribution in [0.2, 0.25) is 0 Å². The molecule has 2 heterocycles. The number of hydrogen-bond donors (Lipinski definition) is 1. The van der Waals surface area contributed by atoms with Crippen LogP contribution in [0.5, 0.6) is 0 Å². The number of nitrogens with zero attached hydrogens (tertiary/aromatic N) is 2. The summed E-state index contributed by atoms with van der Waals surface area (Å²) in [4.78, 5) is 5.31. The quantitative estimate of drug-likeness (QED) is 0.798. The summed E-state index contributed by atoms with van der Waals surface area (Å²) >= 11 is 0. The Morgan fingerprint density at radius 2 is 1.80 bits per heavy atom. The minimum atomic E-state index is 0.387. The molecule has 2 rings (SSSR count). The average molecular weight is 283 g/mol. The van der Waals surface area contributed by atoms with E-state index in [4.69, 9.17) is 4.74 Å². The van der Waals surface area contributed by atoms with E-state index in [-0.39, 0.29) is 0 Å². The molecule has 0 spiro atoms. The molecular formula is C16H33N3O. The van der Waals surface area contributed by atoms with Crippen molar-refractivity contribution in [2.75, 3.05) is 59.5 Å². The molecule has 0 saturated carbocycles. The van der Waals surface area contributed by atoms with E-state index >= 15 is 0 Å². The van der Waals surface area contributed by atoms with Gasteiger partial charge in [0.2, 0.25) is 0 Å². The van der Waals surface area contributed by atoms with Gasteiger partial charge in [0.1, 0.15) is 0 Å². The number of hydrogen-bond acceptors (Lipinski definition) is 4. The van der Waals surface area contributed by atoms with Crippen LogP contribution >= 0.6 is 0 Å². The number of ether oxygens (including phenoxy) is 1. The maximum absolute atomic E-state index is 5.54. The van der Waals surface area contributed by atoms with Crippen LogP contribution in [0.4, 0.5) is 0 Å². The molecule has 1 N–H and O–H groups in total. The van der Waals surface area contributed by atoms with Crippen LogP contribution in [0.15, 0.2) is 0 Å². The van der Waals surface area contributed by atoms with Crippen LogP contribution in [-0.4, -0.2) is 75.4 Å². The lowest BCUT2D eigenvalue weighted by Gasteiger charge is -2.44. The standard InChI is InChI=1S/C16H33N3O/c1-4-15(2)19-11-9-18(10-12-19)13-16(14-20-3)5-7-17-8-6-16/h15,17H,4-14H2,1-3H3. The maximum Gasteiger partial charge on any atom is 0.0531 e. The van der Waals surface area contributed by atoms with Crippen LogP contribution in [0.3, 0.4) is 0 Å². The van der Waals surface area contributed by atoms with Crippen molar-refractivity contribution in [3.05, 3.63) is 0 Å². The predicted molar refractivity (Wildman–Crippen MR) is 84.2 cm³/mol. The van der Waals surface area contributed by atoms with Gasteiger partial charge >= 0.3 is 0 Å². The van der Waals surface area contributed by atoms with E-state index in [0.717, 1.165) is 25.7 Å². The van der Waals surface area contributed by atoms with Gasteiger partial charge in [-0.25, -0.2) is 0 Å². The van der Waals surface area contributed by atoms with Gasteiger partial charge in [0, 0.05) is 51.3 Å². The molecule has 4 heteroatoms. The molecule has 0 aromatic carbocycles. The summed E-state index contributed by atoms with van der Waals surface area (Å²) in [6.07, 6.45) is 3.78. The molecule has 0 amide bonds. The molecule has 118 valence electrons. The van der Waals surface area contributed by atoms with Crippen LogP contribution in [0.1, 0.15) is 33.1 Å². The van der Waals surface area contributed by atoms with Crippen molar-refractivity contribution in [1.29, 1.82) is 0 Å². The van der Waals surface area contributed by atoms with E-state index in [9.17, 15) is 0 Å². The third-order valence-corrected chi connectivity index (χ3v) is 5.29. The fourth-order valence-electron chi connectivity index (χ4n) is 3.71. The monoisotopic (exact) mass is 283 g/mol. The van der Waals surface area contributed by atoms with Gasteiger partial charge in [0.15, 0.2) is 0 Å². The summed E-state index contributed by atoms with van der Waals surface area (Å²) in [7, 11) is 1.85. The zero-order valence-corrected chi connectivity index (χ0v) is 13.7. The van der Waals surface area contributed by atoms with Gasteiger partial charge in [-0.2, -0.15) is 0 Å². The third-order valence-electron chi connectivity index (χ3n) is 5.29. The SMILES string of the molecule is CCC(C)N1CCN(CC2(COC)CCNCC2)CC1. The Morgan fingerprint density at radius 1 is 1.15 bits per heavy atom. The van der Waals surface area contributed by atoms with Crippen molar-refractivity contribution in [2.45, 2.75) is 39.2 Å². The highest BCUT2D eigenvalue weighted by Crippen LogP contribution is 2.30. The molecule has 4 nitrogen and oxygen atoms in total. The lowest BCUT2D eigenvalue weighted by Crippen LogP contribution is -2.54. The Hall–Kier alpha value is -0.160. The van der Waals surface area contributed by atoms with Gasteiger partial charge in [0.25, 0.3) is 0 Å². The Kier molecular flexibility index (Phi) is 6.27.